The molecule has 0 aliphatic carbocycles. The smallest absolute Gasteiger partial charge is 0.411 e. The second kappa shape index (κ2) is 5.62. The van der Waals surface area contributed by atoms with Crippen molar-refractivity contribution in [3.63, 3.8) is 0 Å². The molecule has 3 atom stereocenters. The number of methoxy groups -OCH3 is 1. The van der Waals surface area contributed by atoms with E-state index in [1.165, 1.54) is 12.0 Å². The van der Waals surface area contributed by atoms with Crippen molar-refractivity contribution < 1.29 is 28.6 Å². The molecule has 0 spiro atoms. The number of fused-ring (bicyclic) bond motifs is 1. The quantitative estimate of drug-likeness (QED) is 0.539. The Bertz CT molecular complexity index is 521. The molecule has 0 aromatic heterocycles. The van der Waals surface area contributed by atoms with Gasteiger partial charge in [-0.05, 0) is 20.8 Å². The van der Waals surface area contributed by atoms with E-state index in [1.54, 1.807) is 20.8 Å². The van der Waals surface area contributed by atoms with Crippen molar-refractivity contribution in [3.8, 4) is 0 Å². The van der Waals surface area contributed by atoms with Gasteiger partial charge < -0.3 is 14.2 Å². The number of likely N-dealkylation sites (tertiary alicyclic amines) is 1. The van der Waals surface area contributed by atoms with Crippen molar-refractivity contribution in [3.05, 3.63) is 12.3 Å². The van der Waals surface area contributed by atoms with Gasteiger partial charge in [-0.25, -0.2) is 9.59 Å². The molecule has 22 heavy (non-hydrogen) atoms. The molecule has 0 aromatic carbocycles. The topological polar surface area (TPSA) is 82.1 Å². The van der Waals surface area contributed by atoms with Gasteiger partial charge in [0, 0.05) is 18.4 Å². The van der Waals surface area contributed by atoms with E-state index in [2.05, 4.69) is 6.58 Å². The largest absolute Gasteiger partial charge is 0.467 e. The highest BCUT2D eigenvalue weighted by Crippen LogP contribution is 2.41. The summed E-state index contributed by atoms with van der Waals surface area (Å²) in [4.78, 5) is 37.4. The van der Waals surface area contributed by atoms with Crippen LogP contribution in [0, 0.1) is 11.8 Å². The van der Waals surface area contributed by atoms with E-state index >= 15 is 0 Å². The first kappa shape index (κ1) is 16.3. The fourth-order valence-electron chi connectivity index (χ4n) is 2.89. The Morgan fingerprint density at radius 3 is 2.55 bits per heavy atom. The highest BCUT2D eigenvalue weighted by Gasteiger charge is 2.53. The molecule has 2 saturated heterocycles. The zero-order valence-electron chi connectivity index (χ0n) is 13.3. The first-order valence-electron chi connectivity index (χ1n) is 7.11. The maximum atomic E-state index is 12.4. The van der Waals surface area contributed by atoms with Gasteiger partial charge in [-0.15, -0.1) is 0 Å². The van der Waals surface area contributed by atoms with Gasteiger partial charge in [0.2, 0.25) is 0 Å². The molecular formula is C15H21NO6. The zero-order valence-corrected chi connectivity index (χ0v) is 13.3. The average molecular weight is 311 g/mol. The first-order chi connectivity index (χ1) is 10.1. The molecule has 7 nitrogen and oxygen atoms in total. The van der Waals surface area contributed by atoms with Crippen LogP contribution in [0.3, 0.4) is 0 Å². The lowest BCUT2D eigenvalue weighted by Crippen LogP contribution is -2.46. The molecule has 0 bridgehead atoms. The number of esters is 2. The van der Waals surface area contributed by atoms with Crippen molar-refractivity contribution in [2.45, 2.75) is 38.8 Å². The van der Waals surface area contributed by atoms with Crippen LogP contribution < -0.4 is 0 Å². The van der Waals surface area contributed by atoms with Crippen LogP contribution >= 0.6 is 0 Å². The van der Waals surface area contributed by atoms with E-state index < -0.39 is 35.6 Å². The van der Waals surface area contributed by atoms with Crippen LogP contribution in [0.2, 0.25) is 0 Å². The number of amides is 1. The van der Waals surface area contributed by atoms with Gasteiger partial charge in [-0.1, -0.05) is 6.58 Å². The summed E-state index contributed by atoms with van der Waals surface area (Å²) in [6.07, 6.45) is -0.569. The molecule has 7 heteroatoms. The highest BCUT2D eigenvalue weighted by molar-refractivity contribution is 5.84. The van der Waals surface area contributed by atoms with Crippen molar-refractivity contribution in [2.24, 2.45) is 11.8 Å². The second-order valence-corrected chi connectivity index (χ2v) is 6.52. The van der Waals surface area contributed by atoms with E-state index in [1.807, 2.05) is 0 Å². The van der Waals surface area contributed by atoms with Crippen LogP contribution in [0.25, 0.3) is 0 Å². The Morgan fingerprint density at radius 2 is 2.00 bits per heavy atom. The summed E-state index contributed by atoms with van der Waals surface area (Å²) in [7, 11) is 1.25. The van der Waals surface area contributed by atoms with E-state index in [0.29, 0.717) is 0 Å². The third-order valence-electron chi connectivity index (χ3n) is 3.78. The van der Waals surface area contributed by atoms with Crippen LogP contribution in [-0.4, -0.2) is 48.2 Å². The van der Waals surface area contributed by atoms with Crippen molar-refractivity contribution in [1.82, 2.24) is 4.90 Å². The normalized spacial score (nSPS) is 28.0. The Hall–Kier alpha value is -2.05. The summed E-state index contributed by atoms with van der Waals surface area (Å²) in [6, 6.07) is -0.866. The van der Waals surface area contributed by atoms with E-state index in [9.17, 15) is 14.4 Å². The molecule has 2 rings (SSSR count). The number of cyclic esters (lactones) is 1. The van der Waals surface area contributed by atoms with Crippen LogP contribution in [0.15, 0.2) is 12.3 Å². The Morgan fingerprint density at radius 1 is 1.36 bits per heavy atom. The summed E-state index contributed by atoms with van der Waals surface area (Å²) in [5.74, 6) is -1.42. The maximum absolute atomic E-state index is 12.4. The Kier molecular flexibility index (Phi) is 4.17. The van der Waals surface area contributed by atoms with Gasteiger partial charge in [0.1, 0.15) is 17.4 Å². The number of rotatable bonds is 1. The molecule has 0 radical (unpaired) electrons. The van der Waals surface area contributed by atoms with Gasteiger partial charge in [0.05, 0.1) is 13.5 Å². The van der Waals surface area contributed by atoms with Gasteiger partial charge in [-0.2, -0.15) is 0 Å². The van der Waals surface area contributed by atoms with Gasteiger partial charge >= 0.3 is 18.0 Å². The molecule has 2 aliphatic rings. The van der Waals surface area contributed by atoms with Crippen LogP contribution in [0.5, 0.6) is 0 Å². The fraction of sp³-hybridized carbons (Fsp3) is 0.667. The van der Waals surface area contributed by atoms with Crippen LogP contribution in [0.4, 0.5) is 4.79 Å². The maximum Gasteiger partial charge on any atom is 0.411 e. The van der Waals surface area contributed by atoms with E-state index in [-0.39, 0.29) is 24.6 Å². The lowest BCUT2D eigenvalue weighted by atomic mass is 9.85. The number of hydrogen-bond donors (Lipinski definition) is 0. The predicted octanol–water partition coefficient (Wildman–Crippen LogP) is 1.47. The summed E-state index contributed by atoms with van der Waals surface area (Å²) in [5.41, 5.74) is -0.686. The molecule has 0 N–H and O–H groups in total. The molecule has 0 unspecified atom stereocenters. The summed E-state index contributed by atoms with van der Waals surface area (Å²) < 4.78 is 15.2. The fourth-order valence-corrected chi connectivity index (χ4v) is 2.89. The number of carbonyl (C=O) groups is 3. The standard InChI is InChI=1S/C15H21NO6/c1-8-10-7-16(14(19)22-15(2,3)4)12(13(18)20-5)9(10)6-11(17)21-8/h9-10,12H,1,6-7H2,2-5H3/t9-,10+,12-/m0/s1. The van der Waals surface area contributed by atoms with Crippen molar-refractivity contribution >= 4 is 18.0 Å². The van der Waals surface area contributed by atoms with E-state index in [0.717, 1.165) is 0 Å². The third-order valence-corrected chi connectivity index (χ3v) is 3.78. The first-order valence-corrected chi connectivity index (χ1v) is 7.11. The average Bonchev–Trinajstić information content (AvgIpc) is 2.75. The summed E-state index contributed by atoms with van der Waals surface area (Å²) in [6.45, 7) is 9.16. The number of carbonyl (C=O) groups excluding carboxylic acids is 3. The minimum Gasteiger partial charge on any atom is -0.467 e. The molecule has 2 fully saturated rings. The summed E-state index contributed by atoms with van der Waals surface area (Å²) in [5, 5.41) is 0. The second-order valence-electron chi connectivity index (χ2n) is 6.52. The highest BCUT2D eigenvalue weighted by atomic mass is 16.6. The molecule has 122 valence electrons. The molecule has 2 aliphatic heterocycles. The Balaban J connectivity index is 2.29. The number of nitrogens with zero attached hydrogens (tertiary/aromatic N) is 1. The summed E-state index contributed by atoms with van der Waals surface area (Å²) >= 11 is 0. The lowest BCUT2D eigenvalue weighted by molar-refractivity contribution is -0.150. The van der Waals surface area contributed by atoms with Gasteiger partial charge in [0.25, 0.3) is 0 Å². The monoisotopic (exact) mass is 311 g/mol. The minimum atomic E-state index is -0.866. The van der Waals surface area contributed by atoms with Crippen molar-refractivity contribution in [1.29, 1.82) is 0 Å². The minimum absolute atomic E-state index is 0.0444. The van der Waals surface area contributed by atoms with Crippen molar-refractivity contribution in [2.75, 3.05) is 13.7 Å². The van der Waals surface area contributed by atoms with E-state index in [4.69, 9.17) is 14.2 Å². The lowest BCUT2D eigenvalue weighted by Gasteiger charge is -2.29. The van der Waals surface area contributed by atoms with Gasteiger partial charge in [0.15, 0.2) is 0 Å². The predicted molar refractivity (Wildman–Crippen MR) is 75.6 cm³/mol. The number of hydrogen-bond acceptors (Lipinski definition) is 6. The molecule has 1 amide bonds. The molecule has 0 aromatic rings. The number of ether oxygens (including phenoxy) is 3. The Labute approximate surface area is 129 Å². The zero-order chi connectivity index (χ0) is 16.7. The van der Waals surface area contributed by atoms with Crippen LogP contribution in [0.1, 0.15) is 27.2 Å². The van der Waals surface area contributed by atoms with Gasteiger partial charge in [-0.3, -0.25) is 9.69 Å². The SMILES string of the molecule is C=C1OC(=O)C[C@H]2[C@@H]1CN(C(=O)OC(C)(C)C)[C@@H]2C(=O)OC. The molecular weight excluding hydrogens is 290 g/mol. The van der Waals surface area contributed by atoms with Crippen LogP contribution in [-0.2, 0) is 23.8 Å². The molecule has 2 heterocycles. The molecule has 0 saturated carbocycles. The third kappa shape index (κ3) is 3.08.